The van der Waals surface area contributed by atoms with E-state index in [9.17, 15) is 4.79 Å². The van der Waals surface area contributed by atoms with E-state index in [0.717, 1.165) is 30.8 Å². The van der Waals surface area contributed by atoms with Crippen LogP contribution in [0.5, 0.6) is 11.5 Å². The van der Waals surface area contributed by atoms with Crippen molar-refractivity contribution in [2.45, 2.75) is 46.0 Å². The first-order chi connectivity index (χ1) is 13.4. The molecule has 1 N–H and O–H groups in total. The van der Waals surface area contributed by atoms with Gasteiger partial charge in [-0.2, -0.15) is 5.10 Å². The van der Waals surface area contributed by atoms with E-state index in [2.05, 4.69) is 38.2 Å². The molecule has 0 saturated carbocycles. The van der Waals surface area contributed by atoms with Crippen LogP contribution in [0, 0.1) is 0 Å². The first-order valence-electron chi connectivity index (χ1n) is 9.66. The number of rotatable bonds is 9. The highest BCUT2D eigenvalue weighted by molar-refractivity contribution is 5.83. The topological polar surface area (TPSA) is 59.9 Å². The van der Waals surface area contributed by atoms with E-state index >= 15 is 0 Å². The summed E-state index contributed by atoms with van der Waals surface area (Å²) in [5.74, 6) is 1.18. The summed E-state index contributed by atoms with van der Waals surface area (Å²) in [4.78, 5) is 11.9. The summed E-state index contributed by atoms with van der Waals surface area (Å²) in [6.45, 7) is 9.23. The van der Waals surface area contributed by atoms with E-state index in [4.69, 9.17) is 9.47 Å². The number of benzene rings is 2. The Balaban J connectivity index is 1.74. The van der Waals surface area contributed by atoms with Crippen molar-refractivity contribution < 1.29 is 14.3 Å². The minimum absolute atomic E-state index is 0.0869. The number of ether oxygens (including phenoxy) is 2. The molecule has 0 aromatic heterocycles. The second-order valence-corrected chi connectivity index (χ2v) is 7.63. The van der Waals surface area contributed by atoms with Gasteiger partial charge in [-0.05, 0) is 59.4 Å². The Kier molecular flexibility index (Phi) is 8.05. The summed E-state index contributed by atoms with van der Waals surface area (Å²) in [6.07, 6.45) is 3.74. The quantitative estimate of drug-likeness (QED) is 0.389. The second kappa shape index (κ2) is 10.5. The molecular weight excluding hydrogens is 352 g/mol. The zero-order chi connectivity index (χ0) is 20.4. The highest BCUT2D eigenvalue weighted by Gasteiger charge is 2.13. The zero-order valence-electron chi connectivity index (χ0n) is 17.2. The summed E-state index contributed by atoms with van der Waals surface area (Å²) in [5.41, 5.74) is 4.65. The van der Waals surface area contributed by atoms with Gasteiger partial charge in [0.25, 0.3) is 5.91 Å². The van der Waals surface area contributed by atoms with Crippen molar-refractivity contribution in [3.05, 3.63) is 59.7 Å². The lowest BCUT2D eigenvalue weighted by molar-refractivity contribution is -0.123. The number of carbonyl (C=O) groups is 1. The van der Waals surface area contributed by atoms with E-state index in [0.29, 0.717) is 5.75 Å². The number of unbranched alkanes of at least 4 members (excludes halogenated alkanes) is 1. The van der Waals surface area contributed by atoms with Crippen molar-refractivity contribution in [1.29, 1.82) is 0 Å². The smallest absolute Gasteiger partial charge is 0.277 e. The molecule has 0 atom stereocenters. The highest BCUT2D eigenvalue weighted by atomic mass is 16.5. The number of nitrogens with one attached hydrogen (secondary N) is 1. The van der Waals surface area contributed by atoms with E-state index in [1.165, 1.54) is 5.56 Å². The first kappa shape index (κ1) is 21.5. The Labute approximate surface area is 167 Å². The number of nitrogens with zero attached hydrogens (tertiary/aromatic N) is 1. The Morgan fingerprint density at radius 2 is 1.61 bits per heavy atom. The molecule has 0 aliphatic heterocycles. The van der Waals surface area contributed by atoms with Gasteiger partial charge in [-0.15, -0.1) is 0 Å². The largest absolute Gasteiger partial charge is 0.494 e. The minimum atomic E-state index is -0.310. The zero-order valence-corrected chi connectivity index (χ0v) is 17.2. The lowest BCUT2D eigenvalue weighted by atomic mass is 9.87. The van der Waals surface area contributed by atoms with E-state index in [-0.39, 0.29) is 17.9 Å². The van der Waals surface area contributed by atoms with Gasteiger partial charge < -0.3 is 9.47 Å². The molecule has 0 heterocycles. The van der Waals surface area contributed by atoms with Crippen LogP contribution in [0.2, 0.25) is 0 Å². The van der Waals surface area contributed by atoms with Crippen molar-refractivity contribution in [2.24, 2.45) is 5.10 Å². The molecule has 0 bridgehead atoms. The Bertz CT molecular complexity index is 760. The molecule has 0 saturated heterocycles. The maximum Gasteiger partial charge on any atom is 0.277 e. The van der Waals surface area contributed by atoms with Crippen molar-refractivity contribution in [1.82, 2.24) is 5.43 Å². The van der Waals surface area contributed by atoms with Gasteiger partial charge in [0.1, 0.15) is 11.5 Å². The summed E-state index contributed by atoms with van der Waals surface area (Å²) >= 11 is 0. The molecule has 0 unspecified atom stereocenters. The Hall–Kier alpha value is -2.82. The Morgan fingerprint density at radius 3 is 2.21 bits per heavy atom. The van der Waals surface area contributed by atoms with Gasteiger partial charge in [0, 0.05) is 0 Å². The number of hydrogen-bond acceptors (Lipinski definition) is 4. The van der Waals surface area contributed by atoms with E-state index in [1.54, 1.807) is 6.21 Å². The summed E-state index contributed by atoms with van der Waals surface area (Å²) in [6, 6.07) is 15.4. The molecular formula is C23H30N2O3. The molecule has 0 aliphatic carbocycles. The first-order valence-corrected chi connectivity index (χ1v) is 9.66. The average molecular weight is 383 g/mol. The fraction of sp³-hybridized carbons (Fsp3) is 0.391. The fourth-order valence-corrected chi connectivity index (χ4v) is 2.40. The predicted molar refractivity (Wildman–Crippen MR) is 113 cm³/mol. The van der Waals surface area contributed by atoms with Crippen LogP contribution in [-0.2, 0) is 10.2 Å². The van der Waals surface area contributed by atoms with Crippen LogP contribution < -0.4 is 14.9 Å². The van der Waals surface area contributed by atoms with E-state index in [1.807, 2.05) is 48.5 Å². The number of amides is 1. The van der Waals surface area contributed by atoms with Crippen LogP contribution >= 0.6 is 0 Å². The third-order valence-corrected chi connectivity index (χ3v) is 4.14. The van der Waals surface area contributed by atoms with Gasteiger partial charge in [-0.25, -0.2) is 5.43 Å². The predicted octanol–water partition coefficient (Wildman–Crippen LogP) is 4.69. The third-order valence-electron chi connectivity index (χ3n) is 4.14. The van der Waals surface area contributed by atoms with Gasteiger partial charge in [-0.3, -0.25) is 4.79 Å². The molecule has 2 rings (SSSR count). The molecule has 0 spiro atoms. The molecule has 0 radical (unpaired) electrons. The van der Waals surface area contributed by atoms with Gasteiger partial charge in [-0.1, -0.05) is 46.2 Å². The van der Waals surface area contributed by atoms with Crippen LogP contribution in [-0.4, -0.2) is 25.3 Å². The van der Waals surface area contributed by atoms with E-state index < -0.39 is 0 Å². The molecule has 0 fully saturated rings. The van der Waals surface area contributed by atoms with Crippen LogP contribution in [0.15, 0.2) is 53.6 Å². The number of carbonyl (C=O) groups excluding carboxylic acids is 1. The molecule has 1 amide bonds. The molecule has 5 heteroatoms. The molecule has 28 heavy (non-hydrogen) atoms. The number of hydrazone groups is 1. The SMILES string of the molecule is CCCCOc1ccc(/C=N\NC(=O)COc2ccc(C(C)(C)C)cc2)cc1. The van der Waals surface area contributed by atoms with Gasteiger partial charge in [0.05, 0.1) is 12.8 Å². The van der Waals surface area contributed by atoms with Gasteiger partial charge in [0.2, 0.25) is 0 Å². The Morgan fingerprint density at radius 1 is 1.00 bits per heavy atom. The van der Waals surface area contributed by atoms with Crippen LogP contribution in [0.1, 0.15) is 51.7 Å². The highest BCUT2D eigenvalue weighted by Crippen LogP contribution is 2.24. The van der Waals surface area contributed by atoms with Gasteiger partial charge >= 0.3 is 0 Å². The third kappa shape index (κ3) is 7.43. The van der Waals surface area contributed by atoms with Crippen molar-refractivity contribution in [3.8, 4) is 11.5 Å². The maximum absolute atomic E-state index is 11.9. The second-order valence-electron chi connectivity index (χ2n) is 7.63. The molecule has 2 aromatic carbocycles. The normalized spacial score (nSPS) is 11.4. The molecule has 150 valence electrons. The summed E-state index contributed by atoms with van der Waals surface area (Å²) in [5, 5.41) is 3.96. The van der Waals surface area contributed by atoms with Crippen molar-refractivity contribution in [2.75, 3.05) is 13.2 Å². The molecule has 0 aliphatic rings. The van der Waals surface area contributed by atoms with Crippen LogP contribution in [0.3, 0.4) is 0 Å². The van der Waals surface area contributed by atoms with Crippen molar-refractivity contribution in [3.63, 3.8) is 0 Å². The average Bonchev–Trinajstić information content (AvgIpc) is 2.67. The monoisotopic (exact) mass is 382 g/mol. The van der Waals surface area contributed by atoms with Crippen LogP contribution in [0.25, 0.3) is 0 Å². The lowest BCUT2D eigenvalue weighted by Crippen LogP contribution is -2.24. The summed E-state index contributed by atoms with van der Waals surface area (Å²) < 4.78 is 11.1. The van der Waals surface area contributed by atoms with Crippen LogP contribution in [0.4, 0.5) is 0 Å². The maximum atomic E-state index is 11.9. The number of hydrogen-bond donors (Lipinski definition) is 1. The van der Waals surface area contributed by atoms with Crippen molar-refractivity contribution >= 4 is 12.1 Å². The molecule has 5 nitrogen and oxygen atoms in total. The standard InChI is InChI=1S/C23H30N2O3/c1-5-6-15-27-20-11-7-18(8-12-20)16-24-25-22(26)17-28-21-13-9-19(10-14-21)23(2,3)4/h7-14,16H,5-6,15,17H2,1-4H3,(H,25,26)/b24-16-. The minimum Gasteiger partial charge on any atom is -0.494 e. The molecule has 2 aromatic rings. The lowest BCUT2D eigenvalue weighted by Gasteiger charge is -2.19. The summed E-state index contributed by atoms with van der Waals surface area (Å²) in [7, 11) is 0. The van der Waals surface area contributed by atoms with Gasteiger partial charge in [0.15, 0.2) is 6.61 Å². The fourth-order valence-electron chi connectivity index (χ4n) is 2.40.